The molecule has 4 nitrogen and oxygen atoms in total. The maximum absolute atomic E-state index is 11.6. The number of esters is 1. The Balaban J connectivity index is 2.49. The molecule has 0 fully saturated rings. The topological polar surface area (TPSA) is 63.0 Å². The summed E-state index contributed by atoms with van der Waals surface area (Å²) in [6, 6.07) is 6.05. The summed E-state index contributed by atoms with van der Waals surface area (Å²) in [4.78, 5) is 15.7. The van der Waals surface area contributed by atoms with Crippen molar-refractivity contribution >= 4 is 12.0 Å². The van der Waals surface area contributed by atoms with E-state index < -0.39 is 0 Å². The fourth-order valence-electron chi connectivity index (χ4n) is 2.14. The second-order valence-electron chi connectivity index (χ2n) is 5.15. The Labute approximate surface area is 138 Å². The Morgan fingerprint density at radius 3 is 2.96 bits per heavy atom. The number of hydrogen-bond donors (Lipinski definition) is 0. The first kappa shape index (κ1) is 18.6. The van der Waals surface area contributed by atoms with Crippen LogP contribution < -0.4 is 0 Å². The first-order valence-corrected chi connectivity index (χ1v) is 8.06. The lowest BCUT2D eigenvalue weighted by Crippen LogP contribution is -2.01. The van der Waals surface area contributed by atoms with Gasteiger partial charge >= 0.3 is 5.97 Å². The van der Waals surface area contributed by atoms with Crippen LogP contribution in [0, 0.1) is 11.3 Å². The number of allylic oxidation sites excluding steroid dienone is 2. The molecule has 0 radical (unpaired) electrons. The van der Waals surface area contributed by atoms with E-state index in [2.05, 4.69) is 17.1 Å². The molecule has 0 aliphatic carbocycles. The van der Waals surface area contributed by atoms with Gasteiger partial charge < -0.3 is 4.74 Å². The minimum atomic E-state index is -0.279. The summed E-state index contributed by atoms with van der Waals surface area (Å²) in [5.74, 6) is -0.279. The predicted molar refractivity (Wildman–Crippen MR) is 91.3 cm³/mol. The number of carbonyl (C=O) groups excluding carboxylic acids is 1. The second-order valence-corrected chi connectivity index (χ2v) is 5.15. The van der Waals surface area contributed by atoms with E-state index >= 15 is 0 Å². The maximum atomic E-state index is 11.6. The quantitative estimate of drug-likeness (QED) is 0.364. The fraction of sp³-hybridized carbons (Fsp3) is 0.421. The van der Waals surface area contributed by atoms with Crippen LogP contribution in [0.4, 0.5) is 0 Å². The Morgan fingerprint density at radius 2 is 2.26 bits per heavy atom. The smallest absolute Gasteiger partial charge is 0.330 e. The van der Waals surface area contributed by atoms with Crippen molar-refractivity contribution in [3.63, 3.8) is 0 Å². The molecule has 0 saturated carbocycles. The molecule has 0 aromatic carbocycles. The number of hydrogen-bond acceptors (Lipinski definition) is 4. The minimum Gasteiger partial charge on any atom is -0.463 e. The Morgan fingerprint density at radius 1 is 1.39 bits per heavy atom. The van der Waals surface area contributed by atoms with Crippen LogP contribution in [0.25, 0.3) is 6.08 Å². The molecule has 4 heteroatoms. The summed E-state index contributed by atoms with van der Waals surface area (Å²) in [6.45, 7) is 2.19. The molecule has 1 aromatic heterocycles. The summed E-state index contributed by atoms with van der Waals surface area (Å²) in [7, 11) is 0. The Hall–Kier alpha value is -2.41. The molecular weight excluding hydrogens is 288 g/mol. The predicted octanol–water partition coefficient (Wildman–Crippen LogP) is 4.45. The first-order chi connectivity index (χ1) is 11.3. The molecule has 1 heterocycles. The molecule has 0 unspecified atom stereocenters. The number of unbranched alkanes of at least 4 members (excludes halogenated alkanes) is 2. The van der Waals surface area contributed by atoms with Crippen LogP contribution in [0.2, 0.25) is 0 Å². The van der Waals surface area contributed by atoms with Gasteiger partial charge in [-0.25, -0.2) is 4.79 Å². The monoisotopic (exact) mass is 312 g/mol. The van der Waals surface area contributed by atoms with Gasteiger partial charge in [-0.3, -0.25) is 4.98 Å². The Bertz CT molecular complexity index is 556. The lowest BCUT2D eigenvalue weighted by atomic mass is 10.0. The molecule has 0 spiro atoms. The first-order valence-electron chi connectivity index (χ1n) is 8.06. The third-order valence-electron chi connectivity index (χ3n) is 3.27. The van der Waals surface area contributed by atoms with Gasteiger partial charge in [0.15, 0.2) is 0 Å². The highest BCUT2D eigenvalue weighted by molar-refractivity contribution is 5.82. The summed E-state index contributed by atoms with van der Waals surface area (Å²) in [5, 5.41) is 8.58. The lowest BCUT2D eigenvalue weighted by molar-refractivity contribution is -0.137. The number of pyridine rings is 1. The van der Waals surface area contributed by atoms with Gasteiger partial charge in [-0.15, -0.1) is 0 Å². The van der Waals surface area contributed by atoms with Crippen LogP contribution >= 0.6 is 0 Å². The van der Waals surface area contributed by atoms with Crippen molar-refractivity contribution in [1.82, 2.24) is 4.98 Å². The van der Waals surface area contributed by atoms with Crippen LogP contribution in [-0.4, -0.2) is 17.6 Å². The normalized spacial score (nSPS) is 11.4. The highest BCUT2D eigenvalue weighted by Crippen LogP contribution is 2.16. The van der Waals surface area contributed by atoms with E-state index in [9.17, 15) is 4.79 Å². The van der Waals surface area contributed by atoms with Crippen molar-refractivity contribution < 1.29 is 9.53 Å². The number of nitrogens with zero attached hydrogens (tertiary/aromatic N) is 2. The van der Waals surface area contributed by atoms with Crippen LogP contribution in [0.1, 0.15) is 51.0 Å². The molecule has 0 bridgehead atoms. The van der Waals surface area contributed by atoms with Crippen molar-refractivity contribution in [3.05, 3.63) is 47.8 Å². The zero-order chi connectivity index (χ0) is 16.8. The van der Waals surface area contributed by atoms with Crippen molar-refractivity contribution in [2.45, 2.75) is 45.4 Å². The molecule has 0 amide bonds. The third kappa shape index (κ3) is 9.26. The second kappa shape index (κ2) is 12.2. The number of rotatable bonds is 10. The van der Waals surface area contributed by atoms with E-state index in [1.165, 1.54) is 0 Å². The van der Waals surface area contributed by atoms with Crippen LogP contribution in [0.5, 0.6) is 0 Å². The van der Waals surface area contributed by atoms with Crippen LogP contribution in [0.3, 0.4) is 0 Å². The van der Waals surface area contributed by atoms with Gasteiger partial charge in [0.1, 0.15) is 0 Å². The van der Waals surface area contributed by atoms with Crippen molar-refractivity contribution in [2.24, 2.45) is 0 Å². The molecule has 0 N–H and O–H groups in total. The summed E-state index contributed by atoms with van der Waals surface area (Å²) >= 11 is 0. The Kier molecular flexibility index (Phi) is 9.86. The average Bonchev–Trinajstić information content (AvgIpc) is 2.56. The van der Waals surface area contributed by atoms with Gasteiger partial charge in [-0.1, -0.05) is 23.8 Å². The molecule has 122 valence electrons. The highest BCUT2D eigenvalue weighted by atomic mass is 16.5. The van der Waals surface area contributed by atoms with E-state index in [-0.39, 0.29) is 5.97 Å². The largest absolute Gasteiger partial charge is 0.463 e. The van der Waals surface area contributed by atoms with Crippen molar-refractivity contribution in [2.75, 3.05) is 6.61 Å². The maximum Gasteiger partial charge on any atom is 0.330 e. The van der Waals surface area contributed by atoms with Crippen molar-refractivity contribution in [3.8, 4) is 6.07 Å². The van der Waals surface area contributed by atoms with Crippen LogP contribution in [0.15, 0.2) is 42.3 Å². The summed E-state index contributed by atoms with van der Waals surface area (Å²) < 4.78 is 4.98. The van der Waals surface area contributed by atoms with Gasteiger partial charge in [0.2, 0.25) is 0 Å². The standard InChI is InChI=1S/C19H24N2O2/c1-2-23-19(22)15-17(9-4-3-7-13-20)10-5-6-11-18-12-8-14-21-16-18/h6,8,11-12,14-16H,2-5,7,9-10H2,1H3/b11-6+,17-15+. The lowest BCUT2D eigenvalue weighted by Gasteiger charge is -2.06. The van der Waals surface area contributed by atoms with Crippen molar-refractivity contribution in [1.29, 1.82) is 5.26 Å². The fourth-order valence-corrected chi connectivity index (χ4v) is 2.14. The molecule has 23 heavy (non-hydrogen) atoms. The van der Waals surface area contributed by atoms with Gasteiger partial charge in [-0.05, 0) is 50.7 Å². The molecule has 0 aliphatic rings. The van der Waals surface area contributed by atoms with Gasteiger partial charge in [0.05, 0.1) is 12.7 Å². The molecule has 0 saturated heterocycles. The number of aromatic nitrogens is 1. The van der Waals surface area contributed by atoms with E-state index in [1.807, 2.05) is 24.4 Å². The number of carbonyl (C=O) groups is 1. The zero-order valence-corrected chi connectivity index (χ0v) is 13.7. The SMILES string of the molecule is CCOC(=O)/C=C(/CC/C=C/c1cccnc1)CCCCC#N. The molecule has 1 aromatic rings. The van der Waals surface area contributed by atoms with Gasteiger partial charge in [-0.2, -0.15) is 5.26 Å². The molecule has 0 aliphatic heterocycles. The van der Waals surface area contributed by atoms with E-state index in [1.54, 1.807) is 19.2 Å². The highest BCUT2D eigenvalue weighted by Gasteiger charge is 2.03. The number of nitriles is 1. The average molecular weight is 312 g/mol. The van der Waals surface area contributed by atoms with Gasteiger partial charge in [0, 0.05) is 24.9 Å². The molecule has 1 rings (SSSR count). The van der Waals surface area contributed by atoms with E-state index in [4.69, 9.17) is 10.00 Å². The minimum absolute atomic E-state index is 0.279. The van der Waals surface area contributed by atoms with E-state index in [0.29, 0.717) is 13.0 Å². The summed E-state index contributed by atoms with van der Waals surface area (Å²) in [6.07, 6.45) is 14.2. The van der Waals surface area contributed by atoms with Gasteiger partial charge in [0.25, 0.3) is 0 Å². The molecule has 0 atom stereocenters. The summed E-state index contributed by atoms with van der Waals surface area (Å²) in [5.41, 5.74) is 2.15. The number of ether oxygens (including phenoxy) is 1. The van der Waals surface area contributed by atoms with E-state index in [0.717, 1.165) is 43.2 Å². The van der Waals surface area contributed by atoms with Crippen LogP contribution in [-0.2, 0) is 9.53 Å². The molecular formula is C19H24N2O2. The zero-order valence-electron chi connectivity index (χ0n) is 13.7. The third-order valence-corrected chi connectivity index (χ3v) is 3.27.